The summed E-state index contributed by atoms with van der Waals surface area (Å²) in [4.78, 5) is 15.4. The predicted octanol–water partition coefficient (Wildman–Crippen LogP) is 5.30. The lowest BCUT2D eigenvalue weighted by Crippen LogP contribution is -2.34. The number of halogens is 2. The second-order valence-electron chi connectivity index (χ2n) is 8.33. The molecule has 34 heavy (non-hydrogen) atoms. The van der Waals surface area contributed by atoms with Gasteiger partial charge in [0.05, 0.1) is 17.5 Å². The number of hydrogen-bond donors (Lipinski definition) is 0. The molecule has 1 heterocycles. The molecule has 0 N–H and O–H groups in total. The molecule has 0 saturated carbocycles. The second kappa shape index (κ2) is 9.93. The Morgan fingerprint density at radius 3 is 2.38 bits per heavy atom. The van der Waals surface area contributed by atoms with Gasteiger partial charge in [0.25, 0.3) is 5.91 Å². The van der Waals surface area contributed by atoms with Crippen LogP contribution in [0.2, 0.25) is 0 Å². The van der Waals surface area contributed by atoms with Crippen LogP contribution in [0.3, 0.4) is 0 Å². The van der Waals surface area contributed by atoms with E-state index in [-0.39, 0.29) is 24.0 Å². The van der Waals surface area contributed by atoms with Gasteiger partial charge in [0.15, 0.2) is 0 Å². The molecule has 1 saturated heterocycles. The molecule has 3 aromatic carbocycles. The SMILES string of the molecule is CCC(c1ccc(F)cc1)N(Cc1cccc(F)c1)C(=O)c1cccc(N2CCCS2(=O)=O)c1. The number of hydrogen-bond acceptors (Lipinski definition) is 3. The molecule has 1 aliphatic heterocycles. The van der Waals surface area contributed by atoms with E-state index >= 15 is 0 Å². The van der Waals surface area contributed by atoms with Gasteiger partial charge in [-0.2, -0.15) is 0 Å². The van der Waals surface area contributed by atoms with Crippen LogP contribution < -0.4 is 4.31 Å². The molecule has 3 aromatic rings. The second-order valence-corrected chi connectivity index (χ2v) is 10.3. The zero-order chi connectivity index (χ0) is 24.3. The van der Waals surface area contributed by atoms with Gasteiger partial charge in [0.2, 0.25) is 10.0 Å². The molecule has 178 valence electrons. The largest absolute Gasteiger partial charge is 0.327 e. The van der Waals surface area contributed by atoms with Crippen LogP contribution in [0, 0.1) is 11.6 Å². The summed E-state index contributed by atoms with van der Waals surface area (Å²) in [5, 5.41) is 0. The maximum absolute atomic E-state index is 13.9. The van der Waals surface area contributed by atoms with Crippen molar-refractivity contribution < 1.29 is 22.0 Å². The molecule has 1 atom stereocenters. The van der Waals surface area contributed by atoms with Crippen LogP contribution in [0.4, 0.5) is 14.5 Å². The first kappa shape index (κ1) is 23.9. The first-order valence-corrected chi connectivity index (χ1v) is 12.8. The van der Waals surface area contributed by atoms with Crippen LogP contribution in [-0.4, -0.2) is 31.5 Å². The van der Waals surface area contributed by atoms with Crippen molar-refractivity contribution in [1.29, 1.82) is 0 Å². The topological polar surface area (TPSA) is 57.7 Å². The van der Waals surface area contributed by atoms with E-state index in [0.717, 1.165) is 5.56 Å². The zero-order valence-electron chi connectivity index (χ0n) is 18.8. The minimum Gasteiger partial charge on any atom is -0.327 e. The summed E-state index contributed by atoms with van der Waals surface area (Å²) in [5.74, 6) is -1.01. The van der Waals surface area contributed by atoms with Gasteiger partial charge in [-0.15, -0.1) is 0 Å². The fraction of sp³-hybridized carbons (Fsp3) is 0.269. The molecule has 8 heteroatoms. The number of rotatable bonds is 7. The third kappa shape index (κ3) is 5.12. The summed E-state index contributed by atoms with van der Waals surface area (Å²) < 4.78 is 53.5. The van der Waals surface area contributed by atoms with E-state index in [9.17, 15) is 22.0 Å². The summed E-state index contributed by atoms with van der Waals surface area (Å²) in [6.07, 6.45) is 1.08. The van der Waals surface area contributed by atoms with E-state index in [1.807, 2.05) is 6.92 Å². The smallest absolute Gasteiger partial charge is 0.254 e. The van der Waals surface area contributed by atoms with Crippen LogP contribution in [0.25, 0.3) is 0 Å². The van der Waals surface area contributed by atoms with Gasteiger partial charge in [0.1, 0.15) is 11.6 Å². The van der Waals surface area contributed by atoms with E-state index in [0.29, 0.717) is 36.2 Å². The first-order chi connectivity index (χ1) is 16.3. The summed E-state index contributed by atoms with van der Waals surface area (Å²) in [7, 11) is -3.39. The number of carbonyl (C=O) groups excluding carboxylic acids is 1. The molecule has 5 nitrogen and oxygen atoms in total. The summed E-state index contributed by atoms with van der Waals surface area (Å²) in [5.41, 5.74) is 2.15. The Morgan fingerprint density at radius 2 is 1.74 bits per heavy atom. The van der Waals surface area contributed by atoms with Crippen LogP contribution in [-0.2, 0) is 16.6 Å². The quantitative estimate of drug-likeness (QED) is 0.457. The Bertz CT molecular complexity index is 1280. The molecule has 0 radical (unpaired) electrons. The fourth-order valence-electron chi connectivity index (χ4n) is 4.37. The molecule has 1 aliphatic rings. The van der Waals surface area contributed by atoms with E-state index in [1.165, 1.54) is 28.6 Å². The third-order valence-corrected chi connectivity index (χ3v) is 7.87. The van der Waals surface area contributed by atoms with Crippen LogP contribution >= 0.6 is 0 Å². The Kier molecular flexibility index (Phi) is 6.97. The molecule has 4 rings (SSSR count). The Morgan fingerprint density at radius 1 is 1.00 bits per heavy atom. The Hall–Kier alpha value is -3.26. The van der Waals surface area contributed by atoms with E-state index < -0.39 is 21.9 Å². The van der Waals surface area contributed by atoms with E-state index in [4.69, 9.17) is 0 Å². The molecular formula is C26H26F2N2O3S. The normalized spacial score (nSPS) is 15.8. The number of sulfonamides is 1. The predicted molar refractivity (Wildman–Crippen MR) is 128 cm³/mol. The van der Waals surface area contributed by atoms with Crippen molar-refractivity contribution in [2.24, 2.45) is 0 Å². The van der Waals surface area contributed by atoms with Crippen molar-refractivity contribution in [2.45, 2.75) is 32.4 Å². The summed E-state index contributed by atoms with van der Waals surface area (Å²) in [6.45, 7) is 2.44. The van der Waals surface area contributed by atoms with Gasteiger partial charge in [-0.25, -0.2) is 17.2 Å². The van der Waals surface area contributed by atoms with Crippen molar-refractivity contribution in [2.75, 3.05) is 16.6 Å². The molecule has 0 bridgehead atoms. The third-order valence-electron chi connectivity index (χ3n) is 6.00. The molecule has 1 unspecified atom stereocenters. The van der Waals surface area contributed by atoms with Crippen LogP contribution in [0.15, 0.2) is 72.8 Å². The lowest BCUT2D eigenvalue weighted by molar-refractivity contribution is 0.0652. The highest BCUT2D eigenvalue weighted by Crippen LogP contribution is 2.30. The van der Waals surface area contributed by atoms with E-state index in [1.54, 1.807) is 53.4 Å². The number of anilines is 1. The van der Waals surface area contributed by atoms with Gasteiger partial charge in [-0.1, -0.05) is 37.3 Å². The van der Waals surface area contributed by atoms with Gasteiger partial charge in [-0.05, 0) is 66.4 Å². The van der Waals surface area contributed by atoms with Gasteiger partial charge >= 0.3 is 0 Å². The van der Waals surface area contributed by atoms with Gasteiger partial charge in [0, 0.05) is 18.7 Å². The maximum atomic E-state index is 13.9. The molecule has 1 amide bonds. The number of benzene rings is 3. The average Bonchev–Trinajstić information content (AvgIpc) is 3.18. The molecule has 0 aliphatic carbocycles. The lowest BCUT2D eigenvalue weighted by Gasteiger charge is -2.32. The highest BCUT2D eigenvalue weighted by atomic mass is 32.2. The minimum absolute atomic E-state index is 0.0827. The van der Waals surface area contributed by atoms with E-state index in [2.05, 4.69) is 0 Å². The summed E-state index contributed by atoms with van der Waals surface area (Å²) in [6, 6.07) is 18.2. The number of nitrogens with zero attached hydrogens (tertiary/aromatic N) is 2. The standard InChI is InChI=1S/C26H26F2N2O3S/c1-2-25(20-10-12-22(27)13-11-20)29(18-19-6-3-8-23(28)16-19)26(31)21-7-4-9-24(17-21)30-14-5-15-34(30,32)33/h3-4,6-13,16-17,25H,2,5,14-15,18H2,1H3. The van der Waals surface area contributed by atoms with Gasteiger partial charge < -0.3 is 4.90 Å². The molecular weight excluding hydrogens is 458 g/mol. The van der Waals surface area contributed by atoms with Crippen molar-refractivity contribution >= 4 is 21.6 Å². The van der Waals surface area contributed by atoms with Crippen molar-refractivity contribution in [3.63, 3.8) is 0 Å². The number of amides is 1. The van der Waals surface area contributed by atoms with Crippen molar-refractivity contribution in [3.8, 4) is 0 Å². The fourth-order valence-corrected chi connectivity index (χ4v) is 5.92. The van der Waals surface area contributed by atoms with Crippen LogP contribution in [0.5, 0.6) is 0 Å². The Balaban J connectivity index is 1.73. The first-order valence-electron chi connectivity index (χ1n) is 11.2. The van der Waals surface area contributed by atoms with Crippen LogP contribution in [0.1, 0.15) is 47.3 Å². The summed E-state index contributed by atoms with van der Waals surface area (Å²) >= 11 is 0. The Labute approximate surface area is 198 Å². The van der Waals surface area contributed by atoms with Crippen molar-refractivity contribution in [1.82, 2.24) is 4.90 Å². The average molecular weight is 485 g/mol. The lowest BCUT2D eigenvalue weighted by atomic mass is 10.00. The molecule has 0 aromatic heterocycles. The molecule has 1 fully saturated rings. The minimum atomic E-state index is -3.39. The monoisotopic (exact) mass is 484 g/mol. The maximum Gasteiger partial charge on any atom is 0.254 e. The van der Waals surface area contributed by atoms with Crippen molar-refractivity contribution in [3.05, 3.63) is 101 Å². The zero-order valence-corrected chi connectivity index (χ0v) is 19.6. The molecule has 0 spiro atoms. The van der Waals surface area contributed by atoms with Gasteiger partial charge in [-0.3, -0.25) is 9.10 Å². The number of carbonyl (C=O) groups is 1. The highest BCUT2D eigenvalue weighted by Gasteiger charge is 2.30. The highest BCUT2D eigenvalue weighted by molar-refractivity contribution is 7.93.